The maximum Gasteiger partial charge on any atom is 0.230 e. The molecule has 27 heavy (non-hydrogen) atoms. The van der Waals surface area contributed by atoms with Crippen LogP contribution < -0.4 is 5.32 Å². The van der Waals surface area contributed by atoms with Gasteiger partial charge in [-0.15, -0.1) is 11.3 Å². The van der Waals surface area contributed by atoms with Gasteiger partial charge in [0.05, 0.1) is 12.1 Å². The molecule has 1 N–H and O–H groups in total. The van der Waals surface area contributed by atoms with Crippen molar-refractivity contribution in [1.29, 1.82) is 0 Å². The van der Waals surface area contributed by atoms with Crippen LogP contribution in [0.1, 0.15) is 27.9 Å². The molecule has 140 valence electrons. The minimum absolute atomic E-state index is 0.0863. The molecule has 0 fully saturated rings. The van der Waals surface area contributed by atoms with E-state index in [-0.39, 0.29) is 12.3 Å². The Labute approximate surface area is 173 Å². The summed E-state index contributed by atoms with van der Waals surface area (Å²) < 4.78 is 0.984. The lowest BCUT2D eigenvalue weighted by Gasteiger charge is -2.08. The molecule has 0 aliphatic heterocycles. The third-order valence-corrected chi connectivity index (χ3v) is 6.80. The summed E-state index contributed by atoms with van der Waals surface area (Å²) in [7, 11) is 0. The van der Waals surface area contributed by atoms with E-state index in [4.69, 9.17) is 11.6 Å². The van der Waals surface area contributed by atoms with Crippen molar-refractivity contribution in [1.82, 2.24) is 4.98 Å². The summed E-state index contributed by atoms with van der Waals surface area (Å²) in [4.78, 5) is 16.9. The summed E-state index contributed by atoms with van der Waals surface area (Å²) in [6.45, 7) is 6.13. The molecule has 0 unspecified atom stereocenters. The number of anilines is 1. The zero-order chi connectivity index (χ0) is 19.4. The SMILES string of the molecule is Cc1ccc(C)c(CSc2nc(CC(=O)Nc3cccc(Cl)c3C)cs2)c1. The van der Waals surface area contributed by atoms with Crippen molar-refractivity contribution in [3.8, 4) is 0 Å². The molecule has 0 saturated carbocycles. The Morgan fingerprint density at radius 1 is 1.22 bits per heavy atom. The molecule has 3 aromatic rings. The van der Waals surface area contributed by atoms with E-state index in [0.717, 1.165) is 27.0 Å². The fraction of sp³-hybridized carbons (Fsp3) is 0.238. The first-order valence-electron chi connectivity index (χ1n) is 8.60. The molecule has 3 rings (SSSR count). The van der Waals surface area contributed by atoms with Gasteiger partial charge in [-0.3, -0.25) is 4.79 Å². The van der Waals surface area contributed by atoms with Crippen molar-refractivity contribution in [2.75, 3.05) is 5.32 Å². The number of aryl methyl sites for hydroxylation is 2. The van der Waals surface area contributed by atoms with Gasteiger partial charge in [-0.05, 0) is 49.6 Å². The van der Waals surface area contributed by atoms with Gasteiger partial charge in [0.15, 0.2) is 0 Å². The normalized spacial score (nSPS) is 10.8. The maximum atomic E-state index is 12.3. The second-order valence-corrected chi connectivity index (χ2v) is 8.95. The largest absolute Gasteiger partial charge is 0.325 e. The first kappa shape index (κ1) is 19.9. The number of rotatable bonds is 6. The van der Waals surface area contributed by atoms with Gasteiger partial charge >= 0.3 is 0 Å². The molecular weight excluding hydrogens is 396 g/mol. The highest BCUT2D eigenvalue weighted by Crippen LogP contribution is 2.28. The lowest BCUT2D eigenvalue weighted by molar-refractivity contribution is -0.115. The fourth-order valence-corrected chi connectivity index (χ4v) is 4.72. The number of thioether (sulfide) groups is 1. The van der Waals surface area contributed by atoms with E-state index >= 15 is 0 Å². The van der Waals surface area contributed by atoms with Gasteiger partial charge in [-0.25, -0.2) is 4.98 Å². The Morgan fingerprint density at radius 3 is 2.85 bits per heavy atom. The average Bonchev–Trinajstić information content (AvgIpc) is 3.07. The fourth-order valence-electron chi connectivity index (χ4n) is 2.63. The number of benzene rings is 2. The van der Waals surface area contributed by atoms with Crippen LogP contribution in [0.2, 0.25) is 5.02 Å². The number of carbonyl (C=O) groups is 1. The van der Waals surface area contributed by atoms with E-state index in [2.05, 4.69) is 42.3 Å². The highest BCUT2D eigenvalue weighted by atomic mass is 35.5. The van der Waals surface area contributed by atoms with Crippen molar-refractivity contribution < 1.29 is 4.79 Å². The number of hydrogen-bond donors (Lipinski definition) is 1. The third-order valence-electron chi connectivity index (χ3n) is 4.27. The van der Waals surface area contributed by atoms with Crippen LogP contribution in [0, 0.1) is 20.8 Å². The van der Waals surface area contributed by atoms with Crippen LogP contribution in [0.4, 0.5) is 5.69 Å². The summed E-state index contributed by atoms with van der Waals surface area (Å²) in [6.07, 6.45) is 0.256. The molecule has 0 aliphatic carbocycles. The summed E-state index contributed by atoms with van der Waals surface area (Å²) >= 11 is 9.40. The van der Waals surface area contributed by atoms with Gasteiger partial charge in [-0.2, -0.15) is 0 Å². The van der Waals surface area contributed by atoms with Gasteiger partial charge < -0.3 is 5.32 Å². The predicted molar refractivity (Wildman–Crippen MR) is 116 cm³/mol. The number of halogens is 1. The van der Waals surface area contributed by atoms with Gasteiger partial charge in [-0.1, -0.05) is 53.2 Å². The Bertz CT molecular complexity index is 969. The molecule has 0 bridgehead atoms. The number of amides is 1. The lowest BCUT2D eigenvalue weighted by atomic mass is 10.1. The zero-order valence-electron chi connectivity index (χ0n) is 15.5. The second-order valence-electron chi connectivity index (χ2n) is 6.46. The Hall–Kier alpha value is -1.82. The van der Waals surface area contributed by atoms with Crippen molar-refractivity contribution in [2.45, 2.75) is 37.3 Å². The van der Waals surface area contributed by atoms with Crippen LogP contribution in [0.5, 0.6) is 0 Å². The summed E-state index contributed by atoms with van der Waals surface area (Å²) in [5, 5.41) is 5.51. The smallest absolute Gasteiger partial charge is 0.230 e. The van der Waals surface area contributed by atoms with Crippen LogP contribution in [-0.4, -0.2) is 10.9 Å². The van der Waals surface area contributed by atoms with E-state index < -0.39 is 0 Å². The van der Waals surface area contributed by atoms with Crippen LogP contribution >= 0.6 is 34.7 Å². The van der Waals surface area contributed by atoms with E-state index in [1.165, 1.54) is 16.7 Å². The second kappa shape index (κ2) is 8.91. The molecule has 0 atom stereocenters. The molecule has 1 heterocycles. The van der Waals surface area contributed by atoms with E-state index in [1.54, 1.807) is 23.1 Å². The van der Waals surface area contributed by atoms with Crippen molar-refractivity contribution in [3.05, 3.63) is 74.7 Å². The summed E-state index contributed by atoms with van der Waals surface area (Å²) in [5.74, 6) is 0.797. The van der Waals surface area contributed by atoms with Crippen LogP contribution in [-0.2, 0) is 17.0 Å². The van der Waals surface area contributed by atoms with Gasteiger partial charge in [0.1, 0.15) is 4.34 Å². The van der Waals surface area contributed by atoms with Gasteiger partial charge in [0.2, 0.25) is 5.91 Å². The van der Waals surface area contributed by atoms with Crippen LogP contribution in [0.25, 0.3) is 0 Å². The first-order valence-corrected chi connectivity index (χ1v) is 10.8. The summed E-state index contributed by atoms with van der Waals surface area (Å²) in [6, 6.07) is 12.0. The Kier molecular flexibility index (Phi) is 6.58. The molecule has 0 aliphatic rings. The van der Waals surface area contributed by atoms with E-state index in [0.29, 0.717) is 5.02 Å². The lowest BCUT2D eigenvalue weighted by Crippen LogP contribution is -2.15. The van der Waals surface area contributed by atoms with Crippen molar-refractivity contribution >= 4 is 46.3 Å². The van der Waals surface area contributed by atoms with E-state index in [1.807, 2.05) is 30.5 Å². The highest BCUT2D eigenvalue weighted by molar-refractivity contribution is 8.00. The van der Waals surface area contributed by atoms with Crippen LogP contribution in [0.3, 0.4) is 0 Å². The highest BCUT2D eigenvalue weighted by Gasteiger charge is 2.11. The minimum Gasteiger partial charge on any atom is -0.325 e. The van der Waals surface area contributed by atoms with Crippen molar-refractivity contribution in [3.63, 3.8) is 0 Å². The molecule has 0 saturated heterocycles. The zero-order valence-corrected chi connectivity index (χ0v) is 17.9. The van der Waals surface area contributed by atoms with E-state index in [9.17, 15) is 4.79 Å². The minimum atomic E-state index is -0.0863. The average molecular weight is 417 g/mol. The number of carbonyl (C=O) groups excluding carboxylic acids is 1. The number of nitrogens with one attached hydrogen (secondary N) is 1. The number of thiazole rings is 1. The molecule has 6 heteroatoms. The Balaban J connectivity index is 1.58. The predicted octanol–water partition coefficient (Wildman–Crippen LogP) is 6.20. The monoisotopic (exact) mass is 416 g/mol. The molecule has 1 amide bonds. The molecular formula is C21H21ClN2OS2. The molecule has 0 spiro atoms. The first-order chi connectivity index (χ1) is 12.9. The van der Waals surface area contributed by atoms with Gasteiger partial charge in [0, 0.05) is 21.8 Å². The van der Waals surface area contributed by atoms with Gasteiger partial charge in [0.25, 0.3) is 0 Å². The molecule has 1 aromatic heterocycles. The standard InChI is InChI=1S/C21H21ClN2OS2/c1-13-7-8-14(2)16(9-13)11-26-21-23-17(12-27-21)10-20(25)24-19-6-4-5-18(22)15(19)3/h4-9,12H,10-11H2,1-3H3,(H,24,25). The molecule has 0 radical (unpaired) electrons. The van der Waals surface area contributed by atoms with Crippen LogP contribution in [0.15, 0.2) is 46.1 Å². The number of nitrogens with zero attached hydrogens (tertiary/aromatic N) is 1. The molecule has 2 aromatic carbocycles. The maximum absolute atomic E-state index is 12.3. The summed E-state index contributed by atoms with van der Waals surface area (Å²) in [5.41, 5.74) is 6.29. The Morgan fingerprint density at radius 2 is 2.04 bits per heavy atom. The van der Waals surface area contributed by atoms with Crippen molar-refractivity contribution in [2.24, 2.45) is 0 Å². The molecule has 3 nitrogen and oxygen atoms in total. The number of hydrogen-bond acceptors (Lipinski definition) is 4. The number of aromatic nitrogens is 1. The third kappa shape index (κ3) is 5.34. The quantitative estimate of drug-likeness (QED) is 0.486. The topological polar surface area (TPSA) is 42.0 Å².